The highest BCUT2D eigenvalue weighted by Crippen LogP contribution is 2.37. The van der Waals surface area contributed by atoms with Crippen molar-refractivity contribution < 1.29 is 9.47 Å². The molecule has 0 bridgehead atoms. The third-order valence-corrected chi connectivity index (χ3v) is 6.07. The minimum Gasteiger partial charge on any atom is -0.490 e. The van der Waals surface area contributed by atoms with Crippen LogP contribution in [0.5, 0.6) is 11.5 Å². The lowest BCUT2D eigenvalue weighted by atomic mass is 10.0. The van der Waals surface area contributed by atoms with Crippen LogP contribution in [0, 0.1) is 0 Å². The molecular weight excluding hydrogens is 380 g/mol. The van der Waals surface area contributed by atoms with Crippen LogP contribution in [0.1, 0.15) is 29.0 Å². The van der Waals surface area contributed by atoms with Gasteiger partial charge in [0.05, 0.1) is 12.6 Å². The summed E-state index contributed by atoms with van der Waals surface area (Å²) in [6, 6.07) is 21.3. The van der Waals surface area contributed by atoms with Gasteiger partial charge in [-0.25, -0.2) is 0 Å². The average Bonchev–Trinajstić information content (AvgIpc) is 3.29. The quantitative estimate of drug-likeness (QED) is 0.585. The largest absolute Gasteiger partial charge is 0.490 e. The van der Waals surface area contributed by atoms with Crippen molar-refractivity contribution in [1.29, 1.82) is 0 Å². The van der Waals surface area contributed by atoms with Crippen LogP contribution in [0.3, 0.4) is 0 Å². The number of rotatable bonds is 8. The van der Waals surface area contributed by atoms with Crippen molar-refractivity contribution in [2.45, 2.75) is 19.6 Å². The fourth-order valence-corrected chi connectivity index (χ4v) is 4.65. The molecule has 4 nitrogen and oxygen atoms in total. The topological polar surface area (TPSA) is 33.7 Å². The van der Waals surface area contributed by atoms with Gasteiger partial charge in [-0.05, 0) is 41.6 Å². The Morgan fingerprint density at radius 1 is 0.966 bits per heavy atom. The molecule has 1 fully saturated rings. The molecule has 1 saturated heterocycles. The number of hydrogen-bond donors (Lipinski definition) is 1. The molecule has 1 aliphatic rings. The Kier molecular flexibility index (Phi) is 6.83. The zero-order valence-electron chi connectivity index (χ0n) is 16.8. The first-order valence-electron chi connectivity index (χ1n) is 10.3. The molecule has 0 spiro atoms. The molecule has 1 aromatic heterocycles. The van der Waals surface area contributed by atoms with Gasteiger partial charge in [0.2, 0.25) is 0 Å². The lowest BCUT2D eigenvalue weighted by Gasteiger charge is -2.35. The summed E-state index contributed by atoms with van der Waals surface area (Å²) in [5.74, 6) is 1.61. The Hall–Kier alpha value is -2.34. The average molecular weight is 409 g/mol. The van der Waals surface area contributed by atoms with E-state index < -0.39 is 0 Å². The molecule has 5 heteroatoms. The molecule has 1 N–H and O–H groups in total. The minimum absolute atomic E-state index is 0.250. The van der Waals surface area contributed by atoms with Crippen LogP contribution in [-0.2, 0) is 6.61 Å². The summed E-state index contributed by atoms with van der Waals surface area (Å²) >= 11 is 1.82. The number of ether oxygens (including phenoxy) is 2. The predicted octanol–water partition coefficient (Wildman–Crippen LogP) is 4.72. The summed E-state index contributed by atoms with van der Waals surface area (Å²) in [5.41, 5.74) is 2.40. The van der Waals surface area contributed by atoms with Gasteiger partial charge in [-0.2, -0.15) is 0 Å². The fraction of sp³-hybridized carbons (Fsp3) is 0.333. The molecule has 152 valence electrons. The Balaban J connectivity index is 1.60. The second-order valence-electron chi connectivity index (χ2n) is 7.12. The van der Waals surface area contributed by atoms with E-state index in [2.05, 4.69) is 58.1 Å². The van der Waals surface area contributed by atoms with Crippen LogP contribution >= 0.6 is 11.3 Å². The number of benzene rings is 2. The predicted molar refractivity (Wildman–Crippen MR) is 119 cm³/mol. The maximum atomic E-state index is 6.10. The van der Waals surface area contributed by atoms with Crippen molar-refractivity contribution in [2.24, 2.45) is 0 Å². The van der Waals surface area contributed by atoms with Gasteiger partial charge in [-0.15, -0.1) is 11.3 Å². The van der Waals surface area contributed by atoms with E-state index in [0.717, 1.165) is 43.2 Å². The number of thiophene rings is 1. The molecule has 29 heavy (non-hydrogen) atoms. The summed E-state index contributed by atoms with van der Waals surface area (Å²) in [6.07, 6.45) is 0. The molecule has 3 aromatic rings. The molecule has 1 atom stereocenters. The van der Waals surface area contributed by atoms with Gasteiger partial charge >= 0.3 is 0 Å². The van der Waals surface area contributed by atoms with Gasteiger partial charge in [-0.3, -0.25) is 4.90 Å². The maximum absolute atomic E-state index is 6.10. The highest BCUT2D eigenvalue weighted by Gasteiger charge is 2.25. The first-order chi connectivity index (χ1) is 14.3. The maximum Gasteiger partial charge on any atom is 0.161 e. The van der Waals surface area contributed by atoms with Gasteiger partial charge in [0.15, 0.2) is 11.5 Å². The van der Waals surface area contributed by atoms with E-state index in [0.29, 0.717) is 13.2 Å². The summed E-state index contributed by atoms with van der Waals surface area (Å²) in [7, 11) is 0. The van der Waals surface area contributed by atoms with Crippen LogP contribution < -0.4 is 14.8 Å². The Morgan fingerprint density at radius 2 is 1.79 bits per heavy atom. The molecule has 0 saturated carbocycles. The molecule has 4 rings (SSSR count). The third kappa shape index (κ3) is 4.99. The molecule has 0 radical (unpaired) electrons. The summed E-state index contributed by atoms with van der Waals surface area (Å²) in [5, 5.41) is 5.61. The van der Waals surface area contributed by atoms with Gasteiger partial charge in [0.25, 0.3) is 0 Å². The van der Waals surface area contributed by atoms with Gasteiger partial charge in [0, 0.05) is 31.1 Å². The first kappa shape index (κ1) is 20.0. The lowest BCUT2D eigenvalue weighted by Crippen LogP contribution is -2.45. The monoisotopic (exact) mass is 408 g/mol. The van der Waals surface area contributed by atoms with Crippen LogP contribution in [0.4, 0.5) is 0 Å². The highest BCUT2D eigenvalue weighted by molar-refractivity contribution is 7.10. The van der Waals surface area contributed by atoms with Gasteiger partial charge in [0.1, 0.15) is 6.61 Å². The smallest absolute Gasteiger partial charge is 0.161 e. The number of nitrogens with one attached hydrogen (secondary N) is 1. The summed E-state index contributed by atoms with van der Waals surface area (Å²) < 4.78 is 12.1. The van der Waals surface area contributed by atoms with Crippen LogP contribution in [-0.4, -0.2) is 37.7 Å². The minimum atomic E-state index is 0.250. The van der Waals surface area contributed by atoms with Gasteiger partial charge in [-0.1, -0.05) is 42.5 Å². The molecule has 2 aromatic carbocycles. The molecule has 0 aliphatic carbocycles. The van der Waals surface area contributed by atoms with Crippen molar-refractivity contribution in [1.82, 2.24) is 10.2 Å². The van der Waals surface area contributed by atoms with E-state index in [4.69, 9.17) is 9.47 Å². The van der Waals surface area contributed by atoms with E-state index in [1.54, 1.807) is 0 Å². The lowest BCUT2D eigenvalue weighted by molar-refractivity contribution is 0.200. The molecule has 1 aliphatic heterocycles. The number of piperazine rings is 1. The zero-order valence-corrected chi connectivity index (χ0v) is 17.7. The van der Waals surface area contributed by atoms with Crippen molar-refractivity contribution >= 4 is 11.3 Å². The molecule has 2 heterocycles. The van der Waals surface area contributed by atoms with Gasteiger partial charge < -0.3 is 14.8 Å². The van der Waals surface area contributed by atoms with Crippen LogP contribution in [0.25, 0.3) is 0 Å². The van der Waals surface area contributed by atoms with Crippen molar-refractivity contribution in [3.05, 3.63) is 82.0 Å². The zero-order chi connectivity index (χ0) is 19.9. The number of nitrogens with zero attached hydrogens (tertiary/aromatic N) is 1. The highest BCUT2D eigenvalue weighted by atomic mass is 32.1. The van der Waals surface area contributed by atoms with Crippen molar-refractivity contribution in [3.8, 4) is 11.5 Å². The van der Waals surface area contributed by atoms with Crippen LogP contribution in [0.2, 0.25) is 0 Å². The summed E-state index contributed by atoms with van der Waals surface area (Å²) in [6.45, 7) is 7.30. The van der Waals surface area contributed by atoms with Crippen molar-refractivity contribution in [2.75, 3.05) is 32.8 Å². The van der Waals surface area contributed by atoms with Crippen LogP contribution in [0.15, 0.2) is 66.0 Å². The Morgan fingerprint density at radius 3 is 2.52 bits per heavy atom. The van der Waals surface area contributed by atoms with E-state index in [-0.39, 0.29) is 6.04 Å². The second-order valence-corrected chi connectivity index (χ2v) is 8.10. The molecule has 0 unspecified atom stereocenters. The number of hydrogen-bond acceptors (Lipinski definition) is 5. The van der Waals surface area contributed by atoms with Crippen molar-refractivity contribution in [3.63, 3.8) is 0 Å². The second kappa shape index (κ2) is 9.92. The Bertz CT molecular complexity index is 877. The van der Waals surface area contributed by atoms with E-state index in [1.807, 2.05) is 36.5 Å². The van der Waals surface area contributed by atoms with E-state index in [9.17, 15) is 0 Å². The summed E-state index contributed by atoms with van der Waals surface area (Å²) in [4.78, 5) is 3.92. The SMILES string of the molecule is CCOc1cc([C@@H](c2cccs2)N2CCNCC2)ccc1OCc1ccccc1. The van der Waals surface area contributed by atoms with E-state index in [1.165, 1.54) is 10.4 Å². The standard InChI is InChI=1S/C24H28N2O2S/c1-2-27-22-17-20(10-11-21(22)28-18-19-7-4-3-5-8-19)24(23-9-6-16-29-23)26-14-12-25-13-15-26/h3-11,16-17,24-25H,2,12-15,18H2,1H3/t24-/m0/s1. The molecular formula is C24H28N2O2S. The third-order valence-electron chi connectivity index (χ3n) is 5.15. The van der Waals surface area contributed by atoms with E-state index >= 15 is 0 Å². The molecule has 0 amide bonds. The normalized spacial score (nSPS) is 15.8. The first-order valence-corrected chi connectivity index (χ1v) is 11.1. The fourth-order valence-electron chi connectivity index (χ4n) is 3.76. The Labute approximate surface area is 177 Å².